The fourth-order valence-corrected chi connectivity index (χ4v) is 3.12. The van der Waals surface area contributed by atoms with Gasteiger partial charge in [-0.2, -0.15) is 0 Å². The molecule has 1 aromatic rings. The molecule has 3 heterocycles. The Kier molecular flexibility index (Phi) is 3.82. The van der Waals surface area contributed by atoms with Crippen LogP contribution in [-0.2, 0) is 11.3 Å². The van der Waals surface area contributed by atoms with E-state index in [1.807, 2.05) is 15.7 Å². The molecular weight excluding hydrogens is 240 g/mol. The molecule has 2 fully saturated rings. The van der Waals surface area contributed by atoms with Gasteiger partial charge in [-0.15, -0.1) is 0 Å². The lowest BCUT2D eigenvalue weighted by Crippen LogP contribution is -2.33. The minimum atomic E-state index is 0.237. The topological polar surface area (TPSA) is 50.2 Å². The average molecular weight is 262 g/mol. The second-order valence-electron chi connectivity index (χ2n) is 5.58. The van der Waals surface area contributed by atoms with E-state index < -0.39 is 0 Å². The van der Waals surface area contributed by atoms with Crippen LogP contribution >= 0.6 is 0 Å². The van der Waals surface area contributed by atoms with Crippen molar-refractivity contribution in [2.45, 2.75) is 38.1 Å². The van der Waals surface area contributed by atoms with Crippen LogP contribution in [0.15, 0.2) is 12.5 Å². The van der Waals surface area contributed by atoms with Gasteiger partial charge in [0.15, 0.2) is 0 Å². The van der Waals surface area contributed by atoms with Crippen LogP contribution in [0.1, 0.15) is 37.3 Å². The summed E-state index contributed by atoms with van der Waals surface area (Å²) in [6, 6.07) is 0. The highest BCUT2D eigenvalue weighted by Crippen LogP contribution is 2.23. The molecule has 1 unspecified atom stereocenters. The highest BCUT2D eigenvalue weighted by Gasteiger charge is 2.22. The molecule has 5 heteroatoms. The molecule has 2 aliphatic rings. The molecule has 0 spiro atoms. The van der Waals surface area contributed by atoms with Gasteiger partial charge in [-0.25, -0.2) is 4.98 Å². The second kappa shape index (κ2) is 5.74. The molecule has 1 amide bonds. The van der Waals surface area contributed by atoms with Crippen molar-refractivity contribution in [2.75, 3.05) is 26.2 Å². The van der Waals surface area contributed by atoms with Crippen LogP contribution in [0.4, 0.5) is 0 Å². The Morgan fingerprint density at radius 1 is 1.37 bits per heavy atom. The molecule has 0 saturated carbocycles. The lowest BCUT2D eigenvalue weighted by molar-refractivity contribution is -0.130. The molecule has 1 atom stereocenters. The van der Waals surface area contributed by atoms with Crippen molar-refractivity contribution in [3.8, 4) is 0 Å². The summed E-state index contributed by atoms with van der Waals surface area (Å²) in [5, 5.41) is 3.42. The maximum Gasteiger partial charge on any atom is 0.242 e. The average Bonchev–Trinajstić information content (AvgIpc) is 3.11. The molecule has 1 N–H and O–H groups in total. The summed E-state index contributed by atoms with van der Waals surface area (Å²) in [5.74, 6) is 0.739. The number of carbonyl (C=O) groups is 1. The first-order valence-electron chi connectivity index (χ1n) is 7.33. The Balaban J connectivity index is 1.67. The van der Waals surface area contributed by atoms with Crippen LogP contribution in [0.3, 0.4) is 0 Å². The molecule has 1 aromatic heterocycles. The van der Waals surface area contributed by atoms with E-state index in [0.29, 0.717) is 12.5 Å². The van der Waals surface area contributed by atoms with E-state index in [4.69, 9.17) is 0 Å². The molecule has 0 aliphatic carbocycles. The molecule has 2 saturated heterocycles. The highest BCUT2D eigenvalue weighted by atomic mass is 16.2. The Bertz CT molecular complexity index is 430. The third-order valence-corrected chi connectivity index (χ3v) is 4.22. The third-order valence-electron chi connectivity index (χ3n) is 4.22. The van der Waals surface area contributed by atoms with E-state index in [1.54, 1.807) is 6.33 Å². The standard InChI is InChI=1S/C14H22N4O/c19-14(17-6-1-2-7-17)10-18-11-16-9-13(18)12-4-3-5-15-8-12/h9,11-12,15H,1-8,10H2. The van der Waals surface area contributed by atoms with Gasteiger partial charge >= 0.3 is 0 Å². The largest absolute Gasteiger partial charge is 0.341 e. The summed E-state index contributed by atoms with van der Waals surface area (Å²) in [5.41, 5.74) is 1.21. The smallest absolute Gasteiger partial charge is 0.242 e. The van der Waals surface area contributed by atoms with Gasteiger partial charge in [0.2, 0.25) is 5.91 Å². The Morgan fingerprint density at radius 2 is 2.21 bits per heavy atom. The number of carbonyl (C=O) groups excluding carboxylic acids is 1. The van der Waals surface area contributed by atoms with Gasteiger partial charge in [-0.05, 0) is 32.2 Å². The summed E-state index contributed by atoms with van der Waals surface area (Å²) in [7, 11) is 0. The van der Waals surface area contributed by atoms with Gasteiger partial charge in [0.1, 0.15) is 6.54 Å². The third kappa shape index (κ3) is 2.81. The molecule has 3 rings (SSSR count). The summed E-state index contributed by atoms with van der Waals surface area (Å²) in [4.78, 5) is 18.4. The minimum absolute atomic E-state index is 0.237. The molecule has 104 valence electrons. The van der Waals surface area contributed by atoms with Gasteiger partial charge < -0.3 is 14.8 Å². The summed E-state index contributed by atoms with van der Waals surface area (Å²) in [6.45, 7) is 4.41. The number of hydrogen-bond donors (Lipinski definition) is 1. The molecule has 5 nitrogen and oxygen atoms in total. The SMILES string of the molecule is O=C(Cn1cncc1C1CCCNC1)N1CCCC1. The zero-order chi connectivity index (χ0) is 13.1. The van der Waals surface area contributed by atoms with Gasteiger partial charge in [-0.1, -0.05) is 0 Å². The van der Waals surface area contributed by atoms with E-state index in [-0.39, 0.29) is 5.91 Å². The molecule has 0 radical (unpaired) electrons. The number of likely N-dealkylation sites (tertiary alicyclic amines) is 1. The lowest BCUT2D eigenvalue weighted by atomic mass is 9.96. The first-order valence-corrected chi connectivity index (χ1v) is 7.33. The summed E-state index contributed by atoms with van der Waals surface area (Å²) in [6.07, 6.45) is 8.42. The molecule has 19 heavy (non-hydrogen) atoms. The molecule has 0 bridgehead atoms. The number of imidazole rings is 1. The molecule has 2 aliphatic heterocycles. The van der Waals surface area contributed by atoms with E-state index in [2.05, 4.69) is 10.3 Å². The zero-order valence-corrected chi connectivity index (χ0v) is 11.3. The zero-order valence-electron chi connectivity index (χ0n) is 11.3. The Labute approximate surface area is 114 Å². The monoisotopic (exact) mass is 262 g/mol. The number of piperidine rings is 1. The number of hydrogen-bond acceptors (Lipinski definition) is 3. The predicted molar refractivity (Wildman–Crippen MR) is 72.9 cm³/mol. The first kappa shape index (κ1) is 12.7. The normalized spacial score (nSPS) is 23.8. The van der Waals surface area contributed by atoms with E-state index in [0.717, 1.165) is 39.0 Å². The quantitative estimate of drug-likeness (QED) is 0.883. The fraction of sp³-hybridized carbons (Fsp3) is 0.714. The van der Waals surface area contributed by atoms with Crippen LogP contribution in [-0.4, -0.2) is 46.5 Å². The van der Waals surface area contributed by atoms with Crippen LogP contribution in [0.2, 0.25) is 0 Å². The summed E-state index contributed by atoms with van der Waals surface area (Å²) >= 11 is 0. The fourth-order valence-electron chi connectivity index (χ4n) is 3.12. The number of aromatic nitrogens is 2. The van der Waals surface area contributed by atoms with Crippen LogP contribution in [0.5, 0.6) is 0 Å². The Morgan fingerprint density at radius 3 is 2.95 bits per heavy atom. The second-order valence-corrected chi connectivity index (χ2v) is 5.58. The van der Waals surface area contributed by atoms with Crippen molar-refractivity contribution >= 4 is 5.91 Å². The van der Waals surface area contributed by atoms with Gasteiger partial charge in [0, 0.05) is 37.4 Å². The predicted octanol–water partition coefficient (Wildman–Crippen LogP) is 0.972. The van der Waals surface area contributed by atoms with Crippen LogP contribution in [0.25, 0.3) is 0 Å². The lowest BCUT2D eigenvalue weighted by Gasteiger charge is -2.24. The van der Waals surface area contributed by atoms with Gasteiger partial charge in [0.25, 0.3) is 0 Å². The van der Waals surface area contributed by atoms with Crippen LogP contribution < -0.4 is 5.32 Å². The molecular formula is C14H22N4O. The number of nitrogens with one attached hydrogen (secondary N) is 1. The van der Waals surface area contributed by atoms with Crippen molar-refractivity contribution in [1.29, 1.82) is 0 Å². The maximum absolute atomic E-state index is 12.2. The van der Waals surface area contributed by atoms with E-state index in [9.17, 15) is 4.79 Å². The van der Waals surface area contributed by atoms with Crippen LogP contribution in [0, 0.1) is 0 Å². The number of rotatable bonds is 3. The van der Waals surface area contributed by atoms with Crippen molar-refractivity contribution in [2.24, 2.45) is 0 Å². The van der Waals surface area contributed by atoms with Gasteiger partial charge in [-0.3, -0.25) is 4.79 Å². The van der Waals surface area contributed by atoms with E-state index in [1.165, 1.54) is 18.5 Å². The first-order chi connectivity index (χ1) is 9.34. The minimum Gasteiger partial charge on any atom is -0.341 e. The van der Waals surface area contributed by atoms with Crippen molar-refractivity contribution < 1.29 is 4.79 Å². The van der Waals surface area contributed by atoms with Crippen molar-refractivity contribution in [1.82, 2.24) is 19.8 Å². The molecule has 0 aromatic carbocycles. The summed E-state index contributed by atoms with van der Waals surface area (Å²) < 4.78 is 2.04. The van der Waals surface area contributed by atoms with Crippen molar-refractivity contribution in [3.63, 3.8) is 0 Å². The van der Waals surface area contributed by atoms with Gasteiger partial charge in [0.05, 0.1) is 6.33 Å². The highest BCUT2D eigenvalue weighted by molar-refractivity contribution is 5.76. The van der Waals surface area contributed by atoms with Crippen molar-refractivity contribution in [3.05, 3.63) is 18.2 Å². The maximum atomic E-state index is 12.2. The Hall–Kier alpha value is -1.36. The van der Waals surface area contributed by atoms with E-state index >= 15 is 0 Å². The number of amides is 1. The number of nitrogens with zero attached hydrogens (tertiary/aromatic N) is 3.